The van der Waals surface area contributed by atoms with Crippen molar-refractivity contribution in [2.24, 2.45) is 0 Å². The summed E-state index contributed by atoms with van der Waals surface area (Å²) < 4.78 is 7.34. The average molecular weight is 304 g/mol. The largest absolute Gasteiger partial charge is 0.497 e. The highest BCUT2D eigenvalue weighted by Gasteiger charge is 2.29. The van der Waals surface area contributed by atoms with Crippen LogP contribution in [0.3, 0.4) is 0 Å². The third-order valence-corrected chi connectivity index (χ3v) is 4.49. The zero-order chi connectivity index (χ0) is 15.0. The van der Waals surface area contributed by atoms with Gasteiger partial charge in [-0.15, -0.1) is 10.2 Å². The summed E-state index contributed by atoms with van der Waals surface area (Å²) in [5.74, 6) is 2.76. The summed E-state index contributed by atoms with van der Waals surface area (Å²) in [5, 5.41) is 9.54. The number of hydrogen-bond donors (Lipinski definition) is 1. The fourth-order valence-electron chi connectivity index (χ4n) is 2.35. The second-order valence-corrected chi connectivity index (χ2v) is 7.15. The van der Waals surface area contributed by atoms with Crippen molar-refractivity contribution in [3.8, 4) is 5.75 Å². The van der Waals surface area contributed by atoms with Crippen molar-refractivity contribution in [2.75, 3.05) is 18.3 Å². The van der Waals surface area contributed by atoms with Gasteiger partial charge in [0, 0.05) is 11.2 Å². The summed E-state index contributed by atoms with van der Waals surface area (Å²) in [6.45, 7) is 6.43. The molecule has 2 aromatic rings. The Labute approximate surface area is 129 Å². The molecule has 5 nitrogen and oxygen atoms in total. The van der Waals surface area contributed by atoms with Crippen LogP contribution in [0.25, 0.3) is 0 Å². The number of rotatable bonds is 2. The lowest BCUT2D eigenvalue weighted by atomic mass is 9.96. The SMILES string of the molecule is COc1cccc(C2CSc3nnc(C(C)(C)C)n3N2)c1. The van der Waals surface area contributed by atoms with Crippen LogP contribution in [0, 0.1) is 0 Å². The van der Waals surface area contributed by atoms with Gasteiger partial charge in [0.15, 0.2) is 5.82 Å². The minimum Gasteiger partial charge on any atom is -0.497 e. The maximum Gasteiger partial charge on any atom is 0.210 e. The Bertz CT molecular complexity index is 647. The van der Waals surface area contributed by atoms with Gasteiger partial charge in [0.2, 0.25) is 5.16 Å². The Morgan fingerprint density at radius 3 is 2.86 bits per heavy atom. The molecule has 1 unspecified atom stereocenters. The molecule has 0 aliphatic carbocycles. The molecule has 3 rings (SSSR count). The molecule has 1 aliphatic heterocycles. The smallest absolute Gasteiger partial charge is 0.210 e. The van der Waals surface area contributed by atoms with Crippen molar-refractivity contribution in [1.82, 2.24) is 14.9 Å². The molecule has 1 aromatic carbocycles. The van der Waals surface area contributed by atoms with Gasteiger partial charge in [-0.1, -0.05) is 44.7 Å². The van der Waals surface area contributed by atoms with E-state index in [9.17, 15) is 0 Å². The van der Waals surface area contributed by atoms with E-state index in [4.69, 9.17) is 4.74 Å². The Kier molecular flexibility index (Phi) is 3.57. The maximum absolute atomic E-state index is 5.31. The standard InChI is InChI=1S/C15H20N4OS/c1-15(2,3)13-16-17-14-19(13)18-12(9-21-14)10-6-5-7-11(8-10)20-4/h5-8,12,18H,9H2,1-4H3. The van der Waals surface area contributed by atoms with Crippen LogP contribution in [0.5, 0.6) is 5.75 Å². The van der Waals surface area contributed by atoms with Gasteiger partial charge in [-0.2, -0.15) is 0 Å². The van der Waals surface area contributed by atoms with Crippen molar-refractivity contribution >= 4 is 11.8 Å². The minimum absolute atomic E-state index is 0.0465. The van der Waals surface area contributed by atoms with Crippen LogP contribution in [0.4, 0.5) is 0 Å². The fraction of sp³-hybridized carbons (Fsp3) is 0.467. The van der Waals surface area contributed by atoms with Crippen molar-refractivity contribution < 1.29 is 4.74 Å². The number of methoxy groups -OCH3 is 1. The van der Waals surface area contributed by atoms with E-state index >= 15 is 0 Å². The summed E-state index contributed by atoms with van der Waals surface area (Å²) >= 11 is 1.73. The summed E-state index contributed by atoms with van der Waals surface area (Å²) in [4.78, 5) is 0. The predicted molar refractivity (Wildman–Crippen MR) is 84.5 cm³/mol. The molecule has 0 amide bonds. The lowest BCUT2D eigenvalue weighted by Gasteiger charge is -2.29. The van der Waals surface area contributed by atoms with Crippen LogP contribution in [0.2, 0.25) is 0 Å². The first kappa shape index (κ1) is 14.3. The van der Waals surface area contributed by atoms with Crippen molar-refractivity contribution in [2.45, 2.75) is 37.4 Å². The highest BCUT2D eigenvalue weighted by atomic mass is 32.2. The quantitative estimate of drug-likeness (QED) is 0.924. The van der Waals surface area contributed by atoms with Crippen LogP contribution in [-0.4, -0.2) is 27.7 Å². The normalized spacial score (nSPS) is 18.0. The number of benzene rings is 1. The molecule has 2 heterocycles. The van der Waals surface area contributed by atoms with Gasteiger partial charge in [0.1, 0.15) is 5.75 Å². The molecular formula is C15H20N4OS. The number of ether oxygens (including phenoxy) is 1. The number of fused-ring (bicyclic) bond motifs is 1. The van der Waals surface area contributed by atoms with Crippen molar-refractivity contribution in [3.63, 3.8) is 0 Å². The number of nitrogens with one attached hydrogen (secondary N) is 1. The number of hydrogen-bond acceptors (Lipinski definition) is 5. The molecule has 0 saturated carbocycles. The zero-order valence-electron chi connectivity index (χ0n) is 12.8. The molecule has 1 aromatic heterocycles. The molecule has 0 fully saturated rings. The molecule has 0 spiro atoms. The first-order valence-electron chi connectivity index (χ1n) is 6.98. The van der Waals surface area contributed by atoms with E-state index in [-0.39, 0.29) is 11.5 Å². The van der Waals surface area contributed by atoms with Gasteiger partial charge in [-0.3, -0.25) is 0 Å². The van der Waals surface area contributed by atoms with Crippen molar-refractivity contribution in [1.29, 1.82) is 0 Å². The van der Waals surface area contributed by atoms with Crippen LogP contribution < -0.4 is 10.2 Å². The van der Waals surface area contributed by atoms with E-state index in [2.05, 4.69) is 48.5 Å². The van der Waals surface area contributed by atoms with Gasteiger partial charge in [0.05, 0.1) is 13.2 Å². The Balaban J connectivity index is 1.91. The third kappa shape index (κ3) is 2.72. The Hall–Kier alpha value is -1.69. The van der Waals surface area contributed by atoms with Gasteiger partial charge in [-0.05, 0) is 17.7 Å². The molecule has 1 aliphatic rings. The predicted octanol–water partition coefficient (Wildman–Crippen LogP) is 2.97. The first-order chi connectivity index (χ1) is 9.99. The molecule has 0 saturated heterocycles. The maximum atomic E-state index is 5.31. The molecule has 0 radical (unpaired) electrons. The van der Waals surface area contributed by atoms with E-state index in [0.717, 1.165) is 22.5 Å². The van der Waals surface area contributed by atoms with Crippen LogP contribution in [0.1, 0.15) is 38.2 Å². The summed E-state index contributed by atoms with van der Waals surface area (Å²) in [6.07, 6.45) is 0. The first-order valence-corrected chi connectivity index (χ1v) is 7.97. The molecule has 1 N–H and O–H groups in total. The number of nitrogens with zero attached hydrogens (tertiary/aromatic N) is 3. The molecular weight excluding hydrogens is 284 g/mol. The zero-order valence-corrected chi connectivity index (χ0v) is 13.6. The fourth-order valence-corrected chi connectivity index (χ4v) is 3.29. The minimum atomic E-state index is -0.0465. The number of aromatic nitrogens is 3. The Morgan fingerprint density at radius 2 is 2.14 bits per heavy atom. The highest BCUT2D eigenvalue weighted by molar-refractivity contribution is 7.99. The van der Waals surface area contributed by atoms with Gasteiger partial charge in [0.25, 0.3) is 0 Å². The van der Waals surface area contributed by atoms with E-state index in [0.29, 0.717) is 0 Å². The highest BCUT2D eigenvalue weighted by Crippen LogP contribution is 2.33. The molecule has 112 valence electrons. The topological polar surface area (TPSA) is 52.0 Å². The van der Waals surface area contributed by atoms with E-state index < -0.39 is 0 Å². The Morgan fingerprint density at radius 1 is 1.33 bits per heavy atom. The van der Waals surface area contributed by atoms with Gasteiger partial charge >= 0.3 is 0 Å². The summed E-state index contributed by atoms with van der Waals surface area (Å²) in [7, 11) is 1.69. The van der Waals surface area contributed by atoms with Crippen LogP contribution in [0.15, 0.2) is 29.4 Å². The second kappa shape index (κ2) is 5.26. The van der Waals surface area contributed by atoms with Gasteiger partial charge in [-0.25, -0.2) is 4.68 Å². The molecule has 21 heavy (non-hydrogen) atoms. The third-order valence-electron chi connectivity index (χ3n) is 3.46. The van der Waals surface area contributed by atoms with Crippen LogP contribution in [-0.2, 0) is 5.41 Å². The van der Waals surface area contributed by atoms with Crippen molar-refractivity contribution in [3.05, 3.63) is 35.7 Å². The van der Waals surface area contributed by atoms with E-state index in [1.54, 1.807) is 18.9 Å². The summed E-state index contributed by atoms with van der Waals surface area (Å²) in [5.41, 5.74) is 4.70. The number of thioether (sulfide) groups is 1. The monoisotopic (exact) mass is 304 g/mol. The second-order valence-electron chi connectivity index (χ2n) is 6.16. The molecule has 1 atom stereocenters. The molecule has 0 bridgehead atoms. The molecule has 6 heteroatoms. The lowest BCUT2D eigenvalue weighted by Crippen LogP contribution is -2.32. The van der Waals surface area contributed by atoms with E-state index in [1.807, 2.05) is 16.8 Å². The summed E-state index contributed by atoms with van der Waals surface area (Å²) in [6, 6.07) is 8.39. The average Bonchev–Trinajstić information content (AvgIpc) is 2.90. The lowest BCUT2D eigenvalue weighted by molar-refractivity contribution is 0.414. The van der Waals surface area contributed by atoms with E-state index in [1.165, 1.54) is 5.56 Å². The van der Waals surface area contributed by atoms with Gasteiger partial charge < -0.3 is 10.2 Å². The van der Waals surface area contributed by atoms with Crippen LogP contribution >= 0.6 is 11.8 Å².